The summed E-state index contributed by atoms with van der Waals surface area (Å²) in [6.07, 6.45) is 0. The molecule has 2 aromatic rings. The molecule has 0 radical (unpaired) electrons. The van der Waals surface area contributed by atoms with E-state index < -0.39 is 0 Å². The summed E-state index contributed by atoms with van der Waals surface area (Å²) in [6.45, 7) is 0.897. The number of methoxy groups -OCH3 is 1. The second-order valence-corrected chi connectivity index (χ2v) is 5.08. The number of thiophene rings is 1. The fraction of sp³-hybridized carbons (Fsp3) is 0.231. The maximum Gasteiger partial charge on any atom is 0.137 e. The predicted molar refractivity (Wildman–Crippen MR) is 74.1 cm³/mol. The van der Waals surface area contributed by atoms with Crippen molar-refractivity contribution in [3.8, 4) is 16.9 Å². The van der Waals surface area contributed by atoms with Gasteiger partial charge in [0, 0.05) is 11.4 Å². The molecule has 0 atom stereocenters. The van der Waals surface area contributed by atoms with Crippen LogP contribution in [0.5, 0.6) is 5.75 Å². The Morgan fingerprint density at radius 2 is 2.12 bits per heavy atom. The molecule has 1 heterocycles. The van der Waals surface area contributed by atoms with Gasteiger partial charge in [-0.05, 0) is 41.8 Å². The van der Waals surface area contributed by atoms with Crippen molar-refractivity contribution in [3.05, 3.63) is 39.5 Å². The number of benzene rings is 1. The first-order valence-electron chi connectivity index (χ1n) is 5.30. The highest BCUT2D eigenvalue weighted by atomic mass is 35.5. The molecule has 0 unspecified atom stereocenters. The zero-order chi connectivity index (χ0) is 12.3. The Bertz CT molecular complexity index is 510. The Morgan fingerprint density at radius 3 is 2.76 bits per heavy atom. The molecule has 0 saturated carbocycles. The van der Waals surface area contributed by atoms with Crippen LogP contribution in [0.3, 0.4) is 0 Å². The third kappa shape index (κ3) is 2.80. The highest BCUT2D eigenvalue weighted by Crippen LogP contribution is 2.32. The van der Waals surface area contributed by atoms with Gasteiger partial charge in [-0.1, -0.05) is 17.7 Å². The van der Waals surface area contributed by atoms with Gasteiger partial charge in [0.2, 0.25) is 0 Å². The zero-order valence-corrected chi connectivity index (χ0v) is 11.4. The van der Waals surface area contributed by atoms with E-state index in [2.05, 4.69) is 16.8 Å². The normalized spacial score (nSPS) is 10.5. The molecule has 0 spiro atoms. The molecule has 0 aliphatic rings. The van der Waals surface area contributed by atoms with Crippen LogP contribution in [0.15, 0.2) is 29.6 Å². The fourth-order valence-electron chi connectivity index (χ4n) is 1.64. The lowest BCUT2D eigenvalue weighted by Crippen LogP contribution is -2.02. The predicted octanol–water partition coefficient (Wildman–Crippen LogP) is 3.80. The molecule has 0 amide bonds. The minimum absolute atomic E-state index is 0.645. The van der Waals surface area contributed by atoms with Gasteiger partial charge in [0.1, 0.15) is 5.75 Å². The highest BCUT2D eigenvalue weighted by Gasteiger charge is 2.05. The summed E-state index contributed by atoms with van der Waals surface area (Å²) < 4.78 is 5.14. The Labute approximate surface area is 110 Å². The summed E-state index contributed by atoms with van der Waals surface area (Å²) in [5, 5.41) is 5.93. The van der Waals surface area contributed by atoms with Crippen molar-refractivity contribution in [1.82, 2.24) is 5.32 Å². The van der Waals surface area contributed by atoms with Gasteiger partial charge in [0.05, 0.1) is 12.1 Å². The Kier molecular flexibility index (Phi) is 4.05. The van der Waals surface area contributed by atoms with Crippen molar-refractivity contribution in [1.29, 1.82) is 0 Å². The Balaban J connectivity index is 2.29. The number of hydrogen-bond acceptors (Lipinski definition) is 3. The van der Waals surface area contributed by atoms with Crippen LogP contribution in [0, 0.1) is 0 Å². The standard InChI is InChI=1S/C13H14ClNOS/c1-15-7-11-5-10(8-17-11)9-3-4-13(16-2)12(14)6-9/h3-6,8,15H,7H2,1-2H3. The third-order valence-electron chi connectivity index (χ3n) is 2.49. The first-order chi connectivity index (χ1) is 8.24. The van der Waals surface area contributed by atoms with Gasteiger partial charge in [0.25, 0.3) is 0 Å². The maximum absolute atomic E-state index is 6.11. The summed E-state index contributed by atoms with van der Waals surface area (Å²) in [5.41, 5.74) is 2.32. The lowest BCUT2D eigenvalue weighted by Gasteiger charge is -2.04. The van der Waals surface area contributed by atoms with Crippen LogP contribution in [0.25, 0.3) is 11.1 Å². The number of hydrogen-bond donors (Lipinski definition) is 1. The monoisotopic (exact) mass is 267 g/mol. The fourth-order valence-corrected chi connectivity index (χ4v) is 2.81. The van der Waals surface area contributed by atoms with Crippen LogP contribution in [0.4, 0.5) is 0 Å². The molecule has 1 aromatic heterocycles. The number of halogens is 1. The Hall–Kier alpha value is -1.03. The average molecular weight is 268 g/mol. The second kappa shape index (κ2) is 5.54. The topological polar surface area (TPSA) is 21.3 Å². The lowest BCUT2D eigenvalue weighted by atomic mass is 10.1. The molecule has 1 N–H and O–H groups in total. The lowest BCUT2D eigenvalue weighted by molar-refractivity contribution is 0.415. The molecule has 0 bridgehead atoms. The van der Waals surface area contributed by atoms with Crippen LogP contribution in [0.2, 0.25) is 5.02 Å². The summed E-state index contributed by atoms with van der Waals surface area (Å²) in [7, 11) is 3.57. The molecular weight excluding hydrogens is 254 g/mol. The molecule has 2 nitrogen and oxygen atoms in total. The van der Waals surface area contributed by atoms with E-state index in [0.29, 0.717) is 10.8 Å². The molecule has 17 heavy (non-hydrogen) atoms. The summed E-state index contributed by atoms with van der Waals surface area (Å²) in [5.74, 6) is 0.709. The van der Waals surface area contributed by atoms with Gasteiger partial charge in [0.15, 0.2) is 0 Å². The van der Waals surface area contributed by atoms with E-state index in [1.54, 1.807) is 18.4 Å². The van der Waals surface area contributed by atoms with Crippen LogP contribution in [0.1, 0.15) is 4.88 Å². The van der Waals surface area contributed by atoms with Gasteiger partial charge in [-0.15, -0.1) is 11.3 Å². The first kappa shape index (κ1) is 12.4. The van der Waals surface area contributed by atoms with Gasteiger partial charge in [-0.2, -0.15) is 0 Å². The molecule has 0 aliphatic carbocycles. The van der Waals surface area contributed by atoms with E-state index in [9.17, 15) is 0 Å². The largest absolute Gasteiger partial charge is 0.495 e. The molecule has 2 rings (SSSR count). The van der Waals surface area contributed by atoms with Crippen molar-refractivity contribution < 1.29 is 4.74 Å². The average Bonchev–Trinajstić information content (AvgIpc) is 2.78. The van der Waals surface area contributed by atoms with Crippen LogP contribution in [-0.4, -0.2) is 14.2 Å². The number of ether oxygens (including phenoxy) is 1. The van der Waals surface area contributed by atoms with E-state index in [4.69, 9.17) is 16.3 Å². The first-order valence-corrected chi connectivity index (χ1v) is 6.56. The highest BCUT2D eigenvalue weighted by molar-refractivity contribution is 7.10. The molecular formula is C13H14ClNOS. The minimum Gasteiger partial charge on any atom is -0.495 e. The van der Waals surface area contributed by atoms with E-state index in [1.165, 1.54) is 10.4 Å². The van der Waals surface area contributed by atoms with Crippen molar-refractivity contribution >= 4 is 22.9 Å². The van der Waals surface area contributed by atoms with Crippen LogP contribution < -0.4 is 10.1 Å². The maximum atomic E-state index is 6.11. The summed E-state index contributed by atoms with van der Waals surface area (Å²) >= 11 is 7.86. The molecule has 0 fully saturated rings. The Morgan fingerprint density at radius 1 is 1.29 bits per heavy atom. The number of nitrogens with one attached hydrogen (secondary N) is 1. The molecule has 1 aromatic carbocycles. The summed E-state index contributed by atoms with van der Waals surface area (Å²) in [4.78, 5) is 1.31. The van der Waals surface area contributed by atoms with Crippen molar-refractivity contribution in [2.45, 2.75) is 6.54 Å². The minimum atomic E-state index is 0.645. The van der Waals surface area contributed by atoms with Gasteiger partial charge >= 0.3 is 0 Å². The van der Waals surface area contributed by atoms with E-state index >= 15 is 0 Å². The van der Waals surface area contributed by atoms with E-state index in [-0.39, 0.29) is 0 Å². The smallest absolute Gasteiger partial charge is 0.137 e. The van der Waals surface area contributed by atoms with Crippen molar-refractivity contribution in [3.63, 3.8) is 0 Å². The van der Waals surface area contributed by atoms with Crippen LogP contribution >= 0.6 is 22.9 Å². The molecule has 0 saturated heterocycles. The quantitative estimate of drug-likeness (QED) is 0.910. The molecule has 90 valence electrons. The number of rotatable bonds is 4. The summed E-state index contributed by atoms with van der Waals surface area (Å²) in [6, 6.07) is 8.04. The van der Waals surface area contributed by atoms with E-state index in [0.717, 1.165) is 12.1 Å². The molecule has 0 aliphatic heterocycles. The molecule has 4 heteroatoms. The second-order valence-electron chi connectivity index (χ2n) is 3.68. The third-order valence-corrected chi connectivity index (χ3v) is 3.72. The SMILES string of the molecule is CNCc1cc(-c2ccc(OC)c(Cl)c2)cs1. The van der Waals surface area contributed by atoms with Gasteiger partial charge in [-0.25, -0.2) is 0 Å². The van der Waals surface area contributed by atoms with Crippen molar-refractivity contribution in [2.75, 3.05) is 14.2 Å². The van der Waals surface area contributed by atoms with Crippen LogP contribution in [-0.2, 0) is 6.54 Å². The van der Waals surface area contributed by atoms with Crippen molar-refractivity contribution in [2.24, 2.45) is 0 Å². The van der Waals surface area contributed by atoms with Gasteiger partial charge < -0.3 is 10.1 Å². The van der Waals surface area contributed by atoms with E-state index in [1.807, 2.05) is 25.2 Å². The zero-order valence-electron chi connectivity index (χ0n) is 9.79. The van der Waals surface area contributed by atoms with Gasteiger partial charge in [-0.3, -0.25) is 0 Å².